The van der Waals surface area contributed by atoms with Gasteiger partial charge in [-0.25, -0.2) is 0 Å². The van der Waals surface area contributed by atoms with Gasteiger partial charge in [0.2, 0.25) is 0 Å². The molecule has 0 aliphatic heterocycles. The zero-order chi connectivity index (χ0) is 10.8. The molecular weight excluding hydrogens is 174 g/mol. The van der Waals surface area contributed by atoms with Crippen molar-refractivity contribution in [3.8, 4) is 0 Å². The molecule has 86 valence electrons. The van der Waals surface area contributed by atoms with E-state index in [1.54, 1.807) is 0 Å². The summed E-state index contributed by atoms with van der Waals surface area (Å²) in [6.07, 6.45) is 5.78. The first-order valence-electron chi connectivity index (χ1n) is 6.08. The van der Waals surface area contributed by atoms with E-state index in [2.05, 4.69) is 26.1 Å². The minimum Gasteiger partial charge on any atom is -0.396 e. The Morgan fingerprint density at radius 1 is 1.14 bits per heavy atom. The van der Waals surface area contributed by atoms with Crippen LogP contribution in [0.25, 0.3) is 0 Å². The maximum atomic E-state index is 8.64. The summed E-state index contributed by atoms with van der Waals surface area (Å²) in [5.74, 6) is 0.824. The Kier molecular flexibility index (Phi) is 9.42. The van der Waals surface area contributed by atoms with Crippen LogP contribution in [-0.4, -0.2) is 24.3 Å². The molecule has 0 aromatic heterocycles. The lowest BCUT2D eigenvalue weighted by Crippen LogP contribution is -2.31. The van der Waals surface area contributed by atoms with E-state index in [1.807, 2.05) is 0 Å². The van der Waals surface area contributed by atoms with Crippen molar-refractivity contribution in [2.24, 2.45) is 5.92 Å². The quantitative estimate of drug-likeness (QED) is 0.562. The lowest BCUT2D eigenvalue weighted by molar-refractivity contribution is 0.281. The second kappa shape index (κ2) is 9.47. The highest BCUT2D eigenvalue weighted by Crippen LogP contribution is 2.11. The maximum Gasteiger partial charge on any atom is 0.0431 e. The normalized spacial score (nSPS) is 15.4. The second-order valence-corrected chi connectivity index (χ2v) is 4.24. The van der Waals surface area contributed by atoms with Gasteiger partial charge in [0.05, 0.1) is 0 Å². The molecule has 0 aromatic carbocycles. The Balaban J connectivity index is 3.47. The Morgan fingerprint density at radius 2 is 1.86 bits per heavy atom. The molecule has 2 nitrogen and oxygen atoms in total. The Morgan fingerprint density at radius 3 is 2.36 bits per heavy atom. The van der Waals surface area contributed by atoms with E-state index in [0.717, 1.165) is 25.3 Å². The smallest absolute Gasteiger partial charge is 0.0431 e. The van der Waals surface area contributed by atoms with Gasteiger partial charge in [-0.3, -0.25) is 0 Å². The van der Waals surface area contributed by atoms with Crippen LogP contribution in [0.5, 0.6) is 0 Å². The van der Waals surface area contributed by atoms with Crippen LogP contribution < -0.4 is 5.32 Å². The molecule has 0 aromatic rings. The topological polar surface area (TPSA) is 32.3 Å². The van der Waals surface area contributed by atoms with E-state index in [0.29, 0.717) is 12.6 Å². The van der Waals surface area contributed by atoms with Crippen LogP contribution in [0, 0.1) is 5.92 Å². The molecule has 0 aliphatic rings. The molecule has 0 saturated heterocycles. The number of unbranched alkanes of at least 4 members (excludes halogenated alkanes) is 1. The Labute approximate surface area is 89.1 Å². The third-order valence-corrected chi connectivity index (χ3v) is 2.89. The molecule has 0 heterocycles. The Bertz CT molecular complexity index is 117. The summed E-state index contributed by atoms with van der Waals surface area (Å²) in [5.41, 5.74) is 0. The standard InChI is InChI=1S/C12H27NO/c1-4-11(3)10-12(5-2)13-8-6-7-9-14/h11-14H,4-10H2,1-3H3. The lowest BCUT2D eigenvalue weighted by Gasteiger charge is -2.20. The number of nitrogens with one attached hydrogen (secondary N) is 1. The van der Waals surface area contributed by atoms with Crippen LogP contribution in [0.3, 0.4) is 0 Å². The van der Waals surface area contributed by atoms with E-state index in [4.69, 9.17) is 5.11 Å². The van der Waals surface area contributed by atoms with Crippen molar-refractivity contribution < 1.29 is 5.11 Å². The largest absolute Gasteiger partial charge is 0.396 e. The first kappa shape index (κ1) is 13.9. The predicted octanol–water partition coefficient (Wildman–Crippen LogP) is 2.56. The molecule has 0 saturated carbocycles. The number of aliphatic hydroxyl groups is 1. The molecule has 2 heteroatoms. The van der Waals surface area contributed by atoms with Crippen LogP contribution in [0.2, 0.25) is 0 Å². The van der Waals surface area contributed by atoms with Gasteiger partial charge >= 0.3 is 0 Å². The molecule has 0 bridgehead atoms. The van der Waals surface area contributed by atoms with Crippen molar-refractivity contribution in [2.45, 2.75) is 58.9 Å². The molecule has 0 aliphatic carbocycles. The summed E-state index contributed by atoms with van der Waals surface area (Å²) < 4.78 is 0. The minimum atomic E-state index is 0.323. The van der Waals surface area contributed by atoms with E-state index in [9.17, 15) is 0 Å². The monoisotopic (exact) mass is 201 g/mol. The van der Waals surface area contributed by atoms with E-state index in [1.165, 1.54) is 19.3 Å². The summed E-state index contributed by atoms with van der Waals surface area (Å²) in [6.45, 7) is 8.19. The zero-order valence-corrected chi connectivity index (χ0v) is 10.1. The first-order chi connectivity index (χ1) is 6.74. The van der Waals surface area contributed by atoms with Gasteiger partial charge in [0.25, 0.3) is 0 Å². The average molecular weight is 201 g/mol. The van der Waals surface area contributed by atoms with Gasteiger partial charge < -0.3 is 10.4 Å². The van der Waals surface area contributed by atoms with Gasteiger partial charge in [-0.15, -0.1) is 0 Å². The number of hydrogen-bond acceptors (Lipinski definition) is 2. The van der Waals surface area contributed by atoms with Gasteiger partial charge in [-0.05, 0) is 38.1 Å². The second-order valence-electron chi connectivity index (χ2n) is 4.24. The average Bonchev–Trinajstić information content (AvgIpc) is 2.22. The van der Waals surface area contributed by atoms with E-state index in [-0.39, 0.29) is 0 Å². The molecule has 2 N–H and O–H groups in total. The van der Waals surface area contributed by atoms with Crippen molar-refractivity contribution >= 4 is 0 Å². The van der Waals surface area contributed by atoms with E-state index >= 15 is 0 Å². The Hall–Kier alpha value is -0.0800. The number of aliphatic hydroxyl groups excluding tert-OH is 1. The summed E-state index contributed by atoms with van der Waals surface area (Å²) in [6, 6.07) is 0.670. The van der Waals surface area contributed by atoms with E-state index < -0.39 is 0 Å². The van der Waals surface area contributed by atoms with Crippen molar-refractivity contribution in [1.29, 1.82) is 0 Å². The van der Waals surface area contributed by atoms with Crippen LogP contribution in [0.15, 0.2) is 0 Å². The minimum absolute atomic E-state index is 0.323. The number of hydrogen-bond donors (Lipinski definition) is 2. The molecule has 0 radical (unpaired) electrons. The summed E-state index contributed by atoms with van der Waals surface area (Å²) in [5, 5.41) is 12.2. The maximum absolute atomic E-state index is 8.64. The van der Waals surface area contributed by atoms with Crippen LogP contribution >= 0.6 is 0 Å². The molecule has 2 unspecified atom stereocenters. The summed E-state index contributed by atoms with van der Waals surface area (Å²) in [7, 11) is 0. The van der Waals surface area contributed by atoms with Crippen molar-refractivity contribution in [3.05, 3.63) is 0 Å². The first-order valence-corrected chi connectivity index (χ1v) is 6.08. The molecule has 14 heavy (non-hydrogen) atoms. The van der Waals surface area contributed by atoms with Crippen molar-refractivity contribution in [3.63, 3.8) is 0 Å². The molecular formula is C12H27NO. The molecule has 0 rings (SSSR count). The fourth-order valence-electron chi connectivity index (χ4n) is 1.59. The van der Waals surface area contributed by atoms with Crippen LogP contribution in [-0.2, 0) is 0 Å². The van der Waals surface area contributed by atoms with Gasteiger partial charge in [0, 0.05) is 12.6 Å². The van der Waals surface area contributed by atoms with Crippen molar-refractivity contribution in [1.82, 2.24) is 5.32 Å². The fourth-order valence-corrected chi connectivity index (χ4v) is 1.59. The fraction of sp³-hybridized carbons (Fsp3) is 1.00. The molecule has 0 amide bonds. The third-order valence-electron chi connectivity index (χ3n) is 2.89. The molecule has 0 spiro atoms. The molecule has 2 atom stereocenters. The highest BCUT2D eigenvalue weighted by Gasteiger charge is 2.08. The number of rotatable bonds is 9. The van der Waals surface area contributed by atoms with Gasteiger partial charge in [0.15, 0.2) is 0 Å². The molecule has 0 fully saturated rings. The predicted molar refractivity (Wildman–Crippen MR) is 62.5 cm³/mol. The zero-order valence-electron chi connectivity index (χ0n) is 10.1. The lowest BCUT2D eigenvalue weighted by atomic mass is 9.98. The highest BCUT2D eigenvalue weighted by atomic mass is 16.2. The highest BCUT2D eigenvalue weighted by molar-refractivity contribution is 4.67. The SMILES string of the molecule is CCC(C)CC(CC)NCCCCO. The van der Waals surface area contributed by atoms with Crippen molar-refractivity contribution in [2.75, 3.05) is 13.2 Å². The summed E-state index contributed by atoms with van der Waals surface area (Å²) in [4.78, 5) is 0. The van der Waals surface area contributed by atoms with Gasteiger partial charge in [-0.2, -0.15) is 0 Å². The summed E-state index contributed by atoms with van der Waals surface area (Å²) >= 11 is 0. The van der Waals surface area contributed by atoms with Crippen LogP contribution in [0.4, 0.5) is 0 Å². The van der Waals surface area contributed by atoms with Crippen LogP contribution in [0.1, 0.15) is 52.9 Å². The van der Waals surface area contributed by atoms with Gasteiger partial charge in [0.1, 0.15) is 0 Å². The van der Waals surface area contributed by atoms with Gasteiger partial charge in [-0.1, -0.05) is 27.2 Å². The third kappa shape index (κ3) is 7.34.